The molecule has 0 radical (unpaired) electrons. The molecule has 32 heavy (non-hydrogen) atoms. The molecule has 2 saturated heterocycles. The van der Waals surface area contributed by atoms with Crippen molar-refractivity contribution in [3.63, 3.8) is 0 Å². The van der Waals surface area contributed by atoms with Gasteiger partial charge in [-0.1, -0.05) is 56.7 Å². The molecular formula is C24H28N4O2S2. The maximum atomic E-state index is 13.6. The van der Waals surface area contributed by atoms with Crippen molar-refractivity contribution in [2.45, 2.75) is 52.0 Å². The van der Waals surface area contributed by atoms with Crippen LogP contribution in [0, 0.1) is 11.8 Å². The lowest BCUT2D eigenvalue weighted by atomic mass is 9.91. The minimum Gasteiger partial charge on any atom is -0.355 e. The average Bonchev–Trinajstić information content (AvgIpc) is 3.37. The van der Waals surface area contributed by atoms with Gasteiger partial charge in [-0.3, -0.25) is 18.9 Å². The van der Waals surface area contributed by atoms with Crippen LogP contribution in [0.4, 0.5) is 5.82 Å². The second kappa shape index (κ2) is 8.63. The summed E-state index contributed by atoms with van der Waals surface area (Å²) >= 11 is 6.87. The molecule has 3 fully saturated rings. The lowest BCUT2D eigenvalue weighted by Gasteiger charge is -2.36. The van der Waals surface area contributed by atoms with E-state index in [0.717, 1.165) is 38.8 Å². The van der Waals surface area contributed by atoms with Crippen LogP contribution in [0.15, 0.2) is 34.1 Å². The molecule has 3 aliphatic rings. The number of carbonyl (C=O) groups is 1. The van der Waals surface area contributed by atoms with Crippen molar-refractivity contribution >= 4 is 51.7 Å². The van der Waals surface area contributed by atoms with Crippen LogP contribution in [-0.4, -0.2) is 43.6 Å². The Morgan fingerprint density at radius 3 is 2.56 bits per heavy atom. The zero-order valence-corrected chi connectivity index (χ0v) is 20.1. The van der Waals surface area contributed by atoms with E-state index in [9.17, 15) is 9.59 Å². The summed E-state index contributed by atoms with van der Waals surface area (Å²) in [6.45, 7) is 6.18. The summed E-state index contributed by atoms with van der Waals surface area (Å²) in [5.41, 5.74) is 0.943. The molecule has 0 spiro atoms. The van der Waals surface area contributed by atoms with Gasteiger partial charge < -0.3 is 4.90 Å². The highest BCUT2D eigenvalue weighted by Gasteiger charge is 2.38. The number of hydrogen-bond acceptors (Lipinski definition) is 6. The normalized spacial score (nSPS) is 26.1. The Bertz CT molecular complexity index is 1160. The Morgan fingerprint density at radius 2 is 1.84 bits per heavy atom. The van der Waals surface area contributed by atoms with Crippen molar-refractivity contribution in [1.29, 1.82) is 0 Å². The number of nitrogens with zero attached hydrogens (tertiary/aromatic N) is 4. The largest absolute Gasteiger partial charge is 0.355 e. The number of piperidine rings is 1. The number of pyridine rings is 1. The molecule has 1 aliphatic carbocycles. The number of amides is 1. The van der Waals surface area contributed by atoms with E-state index in [0.29, 0.717) is 38.1 Å². The molecule has 168 valence electrons. The van der Waals surface area contributed by atoms with Crippen LogP contribution in [0.25, 0.3) is 11.7 Å². The maximum absolute atomic E-state index is 13.6. The number of carbonyl (C=O) groups excluding carboxylic acids is 1. The molecule has 5 rings (SSSR count). The first-order chi connectivity index (χ1) is 15.4. The van der Waals surface area contributed by atoms with Crippen molar-refractivity contribution in [1.82, 2.24) is 14.3 Å². The second-order valence-electron chi connectivity index (χ2n) is 9.42. The van der Waals surface area contributed by atoms with E-state index in [4.69, 9.17) is 17.2 Å². The number of hydrogen-bond donors (Lipinski definition) is 0. The fourth-order valence-corrected chi connectivity index (χ4v) is 6.76. The van der Waals surface area contributed by atoms with Crippen LogP contribution in [0.2, 0.25) is 0 Å². The van der Waals surface area contributed by atoms with E-state index >= 15 is 0 Å². The van der Waals surface area contributed by atoms with Gasteiger partial charge in [-0.15, -0.1) is 0 Å². The average molecular weight is 469 g/mol. The van der Waals surface area contributed by atoms with E-state index in [1.165, 1.54) is 18.2 Å². The van der Waals surface area contributed by atoms with Crippen LogP contribution in [0.1, 0.15) is 51.5 Å². The predicted octanol–water partition coefficient (Wildman–Crippen LogP) is 4.32. The minimum atomic E-state index is -0.150. The third-order valence-electron chi connectivity index (χ3n) is 6.71. The molecule has 1 saturated carbocycles. The molecule has 2 aromatic rings. The first kappa shape index (κ1) is 21.6. The fraction of sp³-hybridized carbons (Fsp3) is 0.500. The third kappa shape index (κ3) is 3.88. The molecule has 2 atom stereocenters. The molecular weight excluding hydrogens is 440 g/mol. The third-order valence-corrected chi connectivity index (χ3v) is 8.04. The summed E-state index contributed by atoms with van der Waals surface area (Å²) in [6.07, 6.45) is 8.89. The highest BCUT2D eigenvalue weighted by Crippen LogP contribution is 2.38. The summed E-state index contributed by atoms with van der Waals surface area (Å²) in [5, 5.41) is 0. The van der Waals surface area contributed by atoms with Gasteiger partial charge in [0.1, 0.15) is 15.8 Å². The summed E-state index contributed by atoms with van der Waals surface area (Å²) in [4.78, 5) is 36.2. The van der Waals surface area contributed by atoms with Crippen LogP contribution >= 0.6 is 24.0 Å². The van der Waals surface area contributed by atoms with Crippen molar-refractivity contribution in [2.24, 2.45) is 11.8 Å². The van der Waals surface area contributed by atoms with E-state index in [2.05, 4.69) is 18.7 Å². The van der Waals surface area contributed by atoms with Crippen molar-refractivity contribution in [2.75, 3.05) is 18.0 Å². The highest BCUT2D eigenvalue weighted by atomic mass is 32.2. The molecule has 4 heterocycles. The molecule has 1 amide bonds. The number of thioether (sulfide) groups is 1. The first-order valence-electron chi connectivity index (χ1n) is 11.5. The van der Waals surface area contributed by atoms with E-state index < -0.39 is 0 Å². The summed E-state index contributed by atoms with van der Waals surface area (Å²) in [6, 6.07) is 5.75. The van der Waals surface area contributed by atoms with Crippen LogP contribution < -0.4 is 10.5 Å². The van der Waals surface area contributed by atoms with Gasteiger partial charge in [0.15, 0.2) is 0 Å². The lowest BCUT2D eigenvalue weighted by Crippen LogP contribution is -2.40. The summed E-state index contributed by atoms with van der Waals surface area (Å²) < 4.78 is 2.16. The number of aromatic nitrogens is 2. The van der Waals surface area contributed by atoms with Gasteiger partial charge in [-0.25, -0.2) is 4.98 Å². The molecule has 0 unspecified atom stereocenters. The van der Waals surface area contributed by atoms with Gasteiger partial charge in [-0.05, 0) is 49.3 Å². The van der Waals surface area contributed by atoms with Crippen molar-refractivity contribution in [3.05, 3.63) is 45.2 Å². The molecule has 6 nitrogen and oxygen atoms in total. The van der Waals surface area contributed by atoms with E-state index in [1.807, 2.05) is 18.2 Å². The van der Waals surface area contributed by atoms with Crippen LogP contribution in [0.5, 0.6) is 0 Å². The quantitative estimate of drug-likeness (QED) is 0.494. The van der Waals surface area contributed by atoms with Gasteiger partial charge >= 0.3 is 0 Å². The zero-order valence-electron chi connectivity index (χ0n) is 18.5. The number of anilines is 1. The smallest absolute Gasteiger partial charge is 0.267 e. The maximum Gasteiger partial charge on any atom is 0.267 e. The molecule has 8 heteroatoms. The Labute approximate surface area is 197 Å². The monoisotopic (exact) mass is 468 g/mol. The van der Waals surface area contributed by atoms with Gasteiger partial charge in [0, 0.05) is 25.3 Å². The van der Waals surface area contributed by atoms with Gasteiger partial charge in [0.25, 0.3) is 11.5 Å². The molecule has 0 aromatic carbocycles. The first-order valence-corrected chi connectivity index (χ1v) is 12.7. The number of rotatable bonds is 3. The molecule has 2 aromatic heterocycles. The summed E-state index contributed by atoms with van der Waals surface area (Å²) in [5.74, 6) is 1.63. The fourth-order valence-electron chi connectivity index (χ4n) is 5.38. The molecule has 0 bridgehead atoms. The zero-order chi connectivity index (χ0) is 22.4. The SMILES string of the molecule is C[C@@H]1C[C@H](C)CN(c2nc3ccccn3c(=O)c2/C=C2/SC(=S)N(C3CCCC3)C2=O)C1. The van der Waals surface area contributed by atoms with Gasteiger partial charge in [0.2, 0.25) is 0 Å². The standard InChI is InChI=1S/C24H28N4O2S2/c1-15-11-16(2)14-26(13-15)21-18(22(29)27-10-6-5-9-20(27)25-21)12-19-23(30)28(24(31)32-19)17-7-3-4-8-17/h5-6,9-10,12,15-17H,3-4,7-8,11,13-14H2,1-2H3/b19-12+/t15-,16+. The van der Waals surface area contributed by atoms with Crippen LogP contribution in [0.3, 0.4) is 0 Å². The topological polar surface area (TPSA) is 57.9 Å². The lowest BCUT2D eigenvalue weighted by molar-refractivity contribution is -0.123. The summed E-state index contributed by atoms with van der Waals surface area (Å²) in [7, 11) is 0. The second-order valence-corrected chi connectivity index (χ2v) is 11.1. The Hall–Kier alpha value is -2.19. The van der Waals surface area contributed by atoms with E-state index in [1.54, 1.807) is 21.6 Å². The Morgan fingerprint density at radius 1 is 1.12 bits per heavy atom. The van der Waals surface area contributed by atoms with Gasteiger partial charge in [-0.2, -0.15) is 0 Å². The van der Waals surface area contributed by atoms with Crippen LogP contribution in [-0.2, 0) is 4.79 Å². The van der Waals surface area contributed by atoms with Crippen molar-refractivity contribution < 1.29 is 4.79 Å². The van der Waals surface area contributed by atoms with Gasteiger partial charge in [0.05, 0.1) is 10.5 Å². The Balaban J connectivity index is 1.61. The Kier molecular flexibility index (Phi) is 5.84. The number of thiocarbonyl (C=S) groups is 1. The highest BCUT2D eigenvalue weighted by molar-refractivity contribution is 8.26. The molecule has 2 aliphatic heterocycles. The predicted molar refractivity (Wildman–Crippen MR) is 134 cm³/mol. The van der Waals surface area contributed by atoms with E-state index in [-0.39, 0.29) is 17.5 Å². The molecule has 0 N–H and O–H groups in total. The number of fused-ring (bicyclic) bond motifs is 1. The van der Waals surface area contributed by atoms with Crippen molar-refractivity contribution in [3.8, 4) is 0 Å². The minimum absolute atomic E-state index is 0.0733.